The molecule has 3 rings (SSSR count). The van der Waals surface area contributed by atoms with E-state index >= 15 is 0 Å². The van der Waals surface area contributed by atoms with Gasteiger partial charge in [-0.1, -0.05) is 6.07 Å². The Labute approximate surface area is 119 Å². The monoisotopic (exact) mass is 275 g/mol. The van der Waals surface area contributed by atoms with Crippen LogP contribution in [-0.4, -0.2) is 36.4 Å². The predicted molar refractivity (Wildman–Crippen MR) is 77.5 cm³/mol. The minimum Gasteiger partial charge on any atom is -0.478 e. The third-order valence-corrected chi connectivity index (χ3v) is 4.42. The fraction of sp³-hybridized carbons (Fsp3) is 0.562. The molecule has 1 fully saturated rings. The van der Waals surface area contributed by atoms with E-state index in [-0.39, 0.29) is 0 Å². The number of ether oxygens (including phenoxy) is 1. The molecule has 1 aromatic rings. The van der Waals surface area contributed by atoms with Crippen LogP contribution < -0.4 is 4.90 Å². The van der Waals surface area contributed by atoms with Crippen LogP contribution in [0.25, 0.3) is 0 Å². The smallest absolute Gasteiger partial charge is 0.336 e. The van der Waals surface area contributed by atoms with Crippen molar-refractivity contribution in [2.24, 2.45) is 0 Å². The van der Waals surface area contributed by atoms with Crippen molar-refractivity contribution in [3.63, 3.8) is 0 Å². The van der Waals surface area contributed by atoms with Gasteiger partial charge in [0.2, 0.25) is 0 Å². The molecule has 2 atom stereocenters. The molecule has 0 spiro atoms. The molecule has 2 heterocycles. The van der Waals surface area contributed by atoms with Crippen LogP contribution in [0.15, 0.2) is 18.2 Å². The number of aromatic carboxylic acids is 1. The number of benzene rings is 1. The lowest BCUT2D eigenvalue weighted by molar-refractivity contribution is 0.0182. The first kappa shape index (κ1) is 13.4. The Kier molecular flexibility index (Phi) is 3.66. The van der Waals surface area contributed by atoms with Gasteiger partial charge in [0.25, 0.3) is 0 Å². The zero-order chi connectivity index (χ0) is 14.1. The van der Waals surface area contributed by atoms with Gasteiger partial charge in [0.15, 0.2) is 0 Å². The Morgan fingerprint density at radius 2 is 2.30 bits per heavy atom. The molecule has 4 heteroatoms. The average molecular weight is 275 g/mol. The topological polar surface area (TPSA) is 49.8 Å². The normalized spacial score (nSPS) is 26.1. The van der Waals surface area contributed by atoms with E-state index in [1.165, 1.54) is 0 Å². The Morgan fingerprint density at radius 3 is 3.05 bits per heavy atom. The zero-order valence-corrected chi connectivity index (χ0v) is 11.8. The maximum absolute atomic E-state index is 11.4. The van der Waals surface area contributed by atoms with Crippen LogP contribution in [0, 0.1) is 0 Å². The van der Waals surface area contributed by atoms with Gasteiger partial charge in [0.05, 0.1) is 11.7 Å². The average Bonchev–Trinajstić information content (AvgIpc) is 2.45. The summed E-state index contributed by atoms with van der Waals surface area (Å²) < 4.78 is 5.63. The molecule has 0 radical (unpaired) electrons. The van der Waals surface area contributed by atoms with Crippen LogP contribution >= 0.6 is 0 Å². The second-order valence-corrected chi connectivity index (χ2v) is 5.76. The summed E-state index contributed by atoms with van der Waals surface area (Å²) in [6.45, 7) is 3.94. The molecule has 2 aliphatic rings. The maximum Gasteiger partial charge on any atom is 0.336 e. The summed E-state index contributed by atoms with van der Waals surface area (Å²) in [7, 11) is 0. The predicted octanol–water partition coefficient (Wildman–Crippen LogP) is 2.70. The first-order valence-electron chi connectivity index (χ1n) is 7.40. The number of fused-ring (bicyclic) bond motifs is 1. The number of anilines is 1. The molecule has 1 N–H and O–H groups in total. The van der Waals surface area contributed by atoms with Crippen LogP contribution in [0.1, 0.15) is 42.1 Å². The number of hydrogen-bond acceptors (Lipinski definition) is 3. The van der Waals surface area contributed by atoms with Gasteiger partial charge in [-0.2, -0.15) is 0 Å². The summed E-state index contributed by atoms with van der Waals surface area (Å²) in [5.74, 6) is -0.816. The highest BCUT2D eigenvalue weighted by Crippen LogP contribution is 2.34. The third-order valence-electron chi connectivity index (χ3n) is 4.42. The fourth-order valence-electron chi connectivity index (χ4n) is 3.49. The summed E-state index contributed by atoms with van der Waals surface area (Å²) in [6, 6.07) is 6.13. The van der Waals surface area contributed by atoms with Crippen LogP contribution in [0.3, 0.4) is 0 Å². The highest BCUT2D eigenvalue weighted by atomic mass is 16.5. The quantitative estimate of drug-likeness (QED) is 0.901. The summed E-state index contributed by atoms with van der Waals surface area (Å²) >= 11 is 0. The fourth-order valence-corrected chi connectivity index (χ4v) is 3.49. The van der Waals surface area contributed by atoms with E-state index in [0.717, 1.165) is 50.1 Å². The Bertz CT molecular complexity index is 514. The molecule has 0 aromatic heterocycles. The van der Waals surface area contributed by atoms with Gasteiger partial charge in [0, 0.05) is 24.9 Å². The van der Waals surface area contributed by atoms with E-state index in [2.05, 4.69) is 17.9 Å². The summed E-state index contributed by atoms with van der Waals surface area (Å²) in [5.41, 5.74) is 2.59. The van der Waals surface area contributed by atoms with Gasteiger partial charge < -0.3 is 14.7 Å². The van der Waals surface area contributed by atoms with Gasteiger partial charge >= 0.3 is 5.97 Å². The maximum atomic E-state index is 11.4. The van der Waals surface area contributed by atoms with Crippen molar-refractivity contribution in [3.05, 3.63) is 29.3 Å². The SMILES string of the molecule is CC1CC(N2CCCc3c(C(=O)O)cccc32)CCO1. The van der Waals surface area contributed by atoms with Gasteiger partial charge in [-0.05, 0) is 50.3 Å². The van der Waals surface area contributed by atoms with Gasteiger partial charge in [-0.25, -0.2) is 4.79 Å². The number of hydrogen-bond donors (Lipinski definition) is 1. The second kappa shape index (κ2) is 5.44. The number of carboxylic acid groups (broad SMARTS) is 1. The first-order chi connectivity index (χ1) is 9.66. The number of rotatable bonds is 2. The largest absolute Gasteiger partial charge is 0.478 e. The van der Waals surface area contributed by atoms with Crippen molar-refractivity contribution in [2.45, 2.75) is 44.8 Å². The highest BCUT2D eigenvalue weighted by Gasteiger charge is 2.30. The lowest BCUT2D eigenvalue weighted by Gasteiger charge is -2.41. The van der Waals surface area contributed by atoms with E-state index in [1.54, 1.807) is 6.07 Å². The third kappa shape index (κ3) is 2.40. The van der Waals surface area contributed by atoms with Gasteiger partial charge in [-0.15, -0.1) is 0 Å². The second-order valence-electron chi connectivity index (χ2n) is 5.76. The molecule has 1 saturated heterocycles. The van der Waals surface area contributed by atoms with E-state index < -0.39 is 5.97 Å². The molecule has 0 aliphatic carbocycles. The Hall–Kier alpha value is -1.55. The molecule has 1 aromatic carbocycles. The lowest BCUT2D eigenvalue weighted by Crippen LogP contribution is -2.44. The number of carbonyl (C=O) groups is 1. The van der Waals surface area contributed by atoms with E-state index in [0.29, 0.717) is 17.7 Å². The molecule has 0 amide bonds. The molecular formula is C16H21NO3. The zero-order valence-electron chi connectivity index (χ0n) is 11.8. The highest BCUT2D eigenvalue weighted by molar-refractivity contribution is 5.91. The van der Waals surface area contributed by atoms with E-state index in [1.807, 2.05) is 6.07 Å². The summed E-state index contributed by atoms with van der Waals surface area (Å²) in [5, 5.41) is 9.34. The van der Waals surface area contributed by atoms with Gasteiger partial charge in [-0.3, -0.25) is 0 Å². The van der Waals surface area contributed by atoms with E-state index in [4.69, 9.17) is 4.74 Å². The molecule has 108 valence electrons. The van der Waals surface area contributed by atoms with Crippen LogP contribution in [0.2, 0.25) is 0 Å². The number of carboxylic acids is 1. The summed E-state index contributed by atoms with van der Waals surface area (Å²) in [4.78, 5) is 13.8. The van der Waals surface area contributed by atoms with Gasteiger partial charge in [0.1, 0.15) is 0 Å². The van der Waals surface area contributed by atoms with E-state index in [9.17, 15) is 9.90 Å². The minimum atomic E-state index is -0.816. The van der Waals surface area contributed by atoms with Crippen molar-refractivity contribution in [1.82, 2.24) is 0 Å². The Balaban J connectivity index is 1.93. The molecule has 4 nitrogen and oxygen atoms in total. The van der Waals surface area contributed by atoms with Crippen LogP contribution in [-0.2, 0) is 11.2 Å². The van der Waals surface area contributed by atoms with Crippen LogP contribution in [0.5, 0.6) is 0 Å². The molecule has 2 unspecified atom stereocenters. The first-order valence-corrected chi connectivity index (χ1v) is 7.40. The molecule has 0 saturated carbocycles. The molecule has 20 heavy (non-hydrogen) atoms. The molecular weight excluding hydrogens is 254 g/mol. The van der Waals surface area contributed by atoms with Crippen molar-refractivity contribution in [3.8, 4) is 0 Å². The van der Waals surface area contributed by atoms with Crippen LogP contribution in [0.4, 0.5) is 5.69 Å². The minimum absolute atomic E-state index is 0.293. The lowest BCUT2D eigenvalue weighted by atomic mass is 9.92. The standard InChI is InChI=1S/C16H21NO3/c1-11-10-12(7-9-20-11)17-8-3-5-13-14(16(18)19)4-2-6-15(13)17/h2,4,6,11-12H,3,5,7-10H2,1H3,(H,18,19). The van der Waals surface area contributed by atoms with Crippen molar-refractivity contribution in [2.75, 3.05) is 18.1 Å². The van der Waals surface area contributed by atoms with Crippen molar-refractivity contribution in [1.29, 1.82) is 0 Å². The number of nitrogens with zero attached hydrogens (tertiary/aromatic N) is 1. The van der Waals surface area contributed by atoms with Crippen molar-refractivity contribution < 1.29 is 14.6 Å². The summed E-state index contributed by atoms with van der Waals surface area (Å²) in [6.07, 6.45) is 4.25. The Morgan fingerprint density at radius 1 is 1.45 bits per heavy atom. The van der Waals surface area contributed by atoms with Crippen molar-refractivity contribution >= 4 is 11.7 Å². The molecule has 0 bridgehead atoms. The molecule has 2 aliphatic heterocycles.